The maximum Gasteiger partial charge on any atom is 0.245 e. The monoisotopic (exact) mass is 238 g/mol. The third kappa shape index (κ3) is 2.39. The molecule has 2 aliphatic rings. The molecule has 1 saturated carbocycles. The Morgan fingerprint density at radius 2 is 2.35 bits per heavy atom. The third-order valence-corrected chi connectivity index (χ3v) is 3.30. The Morgan fingerprint density at radius 3 is 3.06 bits per heavy atom. The number of hydrogen-bond donors (Lipinski definition) is 1. The number of morpholine rings is 1. The maximum atomic E-state index is 5.54. The summed E-state index contributed by atoms with van der Waals surface area (Å²) in [7, 11) is 1.87. The molecule has 0 spiro atoms. The van der Waals surface area contributed by atoms with Crippen LogP contribution in [0.2, 0.25) is 0 Å². The Hall–Kier alpha value is -1.21. The van der Waals surface area contributed by atoms with E-state index in [-0.39, 0.29) is 0 Å². The Kier molecular flexibility index (Phi) is 2.94. The zero-order valence-electron chi connectivity index (χ0n) is 10.0. The molecular weight excluding hydrogens is 220 g/mol. The van der Waals surface area contributed by atoms with E-state index in [1.165, 1.54) is 12.8 Å². The van der Waals surface area contributed by atoms with Crippen LogP contribution in [0, 0.1) is 0 Å². The summed E-state index contributed by atoms with van der Waals surface area (Å²) in [6.45, 7) is 3.28. The van der Waals surface area contributed by atoms with E-state index < -0.39 is 0 Å². The summed E-state index contributed by atoms with van der Waals surface area (Å²) in [5.41, 5.74) is 0. The van der Waals surface area contributed by atoms with Gasteiger partial charge in [-0.2, -0.15) is 0 Å². The fourth-order valence-electron chi connectivity index (χ4n) is 2.15. The molecule has 1 unspecified atom stereocenters. The number of rotatable bonds is 4. The molecule has 1 atom stereocenters. The largest absolute Gasteiger partial charge is 0.377 e. The third-order valence-electron chi connectivity index (χ3n) is 3.30. The first-order chi connectivity index (χ1) is 8.34. The minimum Gasteiger partial charge on any atom is -0.377 e. The lowest BCUT2D eigenvalue weighted by molar-refractivity contribution is 0.0924. The predicted molar refractivity (Wildman–Crippen MR) is 61.8 cm³/mol. The van der Waals surface area contributed by atoms with Crippen LogP contribution in [0.1, 0.15) is 12.8 Å². The lowest BCUT2D eigenvalue weighted by Gasteiger charge is -2.35. The van der Waals surface area contributed by atoms with Crippen molar-refractivity contribution in [2.45, 2.75) is 24.9 Å². The molecule has 2 fully saturated rings. The zero-order valence-corrected chi connectivity index (χ0v) is 10.0. The summed E-state index contributed by atoms with van der Waals surface area (Å²) in [6, 6.07) is 1.05. The molecule has 1 aromatic heterocycles. The fourth-order valence-corrected chi connectivity index (χ4v) is 2.15. The number of nitrogens with zero attached hydrogens (tertiary/aromatic N) is 5. The van der Waals surface area contributed by atoms with E-state index in [0.717, 1.165) is 38.3 Å². The summed E-state index contributed by atoms with van der Waals surface area (Å²) >= 11 is 0. The highest BCUT2D eigenvalue weighted by Gasteiger charge is 2.29. The second-order valence-electron chi connectivity index (χ2n) is 4.71. The molecule has 7 nitrogen and oxygen atoms in total. The van der Waals surface area contributed by atoms with Gasteiger partial charge in [-0.15, -0.1) is 0 Å². The Labute approximate surface area is 100 Å². The molecule has 3 rings (SSSR count). The van der Waals surface area contributed by atoms with Gasteiger partial charge < -0.3 is 15.0 Å². The van der Waals surface area contributed by atoms with Crippen LogP contribution < -0.4 is 10.2 Å². The highest BCUT2D eigenvalue weighted by Crippen LogP contribution is 2.20. The Morgan fingerprint density at radius 1 is 1.47 bits per heavy atom. The summed E-state index contributed by atoms with van der Waals surface area (Å²) in [5.74, 6) is 0.830. The maximum absolute atomic E-state index is 5.54. The molecule has 17 heavy (non-hydrogen) atoms. The van der Waals surface area contributed by atoms with Gasteiger partial charge in [0.1, 0.15) is 0 Å². The van der Waals surface area contributed by atoms with Crippen LogP contribution in [0.15, 0.2) is 0 Å². The van der Waals surface area contributed by atoms with Gasteiger partial charge in [0.15, 0.2) is 0 Å². The molecule has 2 heterocycles. The second kappa shape index (κ2) is 4.58. The number of aromatic nitrogens is 4. The van der Waals surface area contributed by atoms with Crippen LogP contribution in [-0.2, 0) is 11.8 Å². The van der Waals surface area contributed by atoms with Gasteiger partial charge in [0.25, 0.3) is 0 Å². The normalized spacial score (nSPS) is 25.2. The van der Waals surface area contributed by atoms with Gasteiger partial charge in [-0.05, 0) is 23.3 Å². The van der Waals surface area contributed by atoms with Crippen LogP contribution in [0.5, 0.6) is 0 Å². The van der Waals surface area contributed by atoms with Crippen molar-refractivity contribution in [2.75, 3.05) is 31.2 Å². The Balaban J connectivity index is 1.68. The van der Waals surface area contributed by atoms with Crippen LogP contribution in [0.4, 0.5) is 5.95 Å². The van der Waals surface area contributed by atoms with E-state index in [1.807, 2.05) is 7.05 Å². The fraction of sp³-hybridized carbons (Fsp3) is 0.900. The molecule has 1 N–H and O–H groups in total. The predicted octanol–water partition coefficient (Wildman–Crippen LogP) is -0.833. The minimum atomic E-state index is 0.328. The molecule has 1 aliphatic heterocycles. The first-order valence-electron chi connectivity index (χ1n) is 6.15. The first-order valence-corrected chi connectivity index (χ1v) is 6.15. The van der Waals surface area contributed by atoms with Crippen molar-refractivity contribution in [3.8, 4) is 0 Å². The number of hydrogen-bond acceptors (Lipinski definition) is 6. The van der Waals surface area contributed by atoms with E-state index >= 15 is 0 Å². The van der Waals surface area contributed by atoms with Crippen LogP contribution >= 0.6 is 0 Å². The van der Waals surface area contributed by atoms with Crippen molar-refractivity contribution >= 4 is 5.95 Å². The highest BCUT2D eigenvalue weighted by atomic mass is 16.5. The van der Waals surface area contributed by atoms with Crippen molar-refractivity contribution < 1.29 is 4.74 Å². The van der Waals surface area contributed by atoms with Gasteiger partial charge >= 0.3 is 0 Å². The molecule has 1 aliphatic carbocycles. The van der Waals surface area contributed by atoms with Gasteiger partial charge in [-0.3, -0.25) is 0 Å². The molecule has 1 aromatic rings. The zero-order chi connectivity index (χ0) is 11.7. The van der Waals surface area contributed by atoms with Crippen molar-refractivity contribution in [3.05, 3.63) is 0 Å². The summed E-state index contributed by atoms with van der Waals surface area (Å²) in [4.78, 5) is 2.24. The van der Waals surface area contributed by atoms with Gasteiger partial charge in [-0.25, -0.2) is 4.68 Å². The SMILES string of the molecule is Cn1nnnc1N1CCOCC1CNC1CC1. The lowest BCUT2D eigenvalue weighted by atomic mass is 10.2. The summed E-state index contributed by atoms with van der Waals surface area (Å²) < 4.78 is 7.26. The molecule has 0 radical (unpaired) electrons. The Bertz CT molecular complexity index is 377. The molecule has 0 aromatic carbocycles. The van der Waals surface area contributed by atoms with Gasteiger partial charge in [0, 0.05) is 26.2 Å². The minimum absolute atomic E-state index is 0.328. The van der Waals surface area contributed by atoms with Gasteiger partial charge in [-0.1, -0.05) is 5.10 Å². The van der Waals surface area contributed by atoms with Crippen molar-refractivity contribution in [1.82, 2.24) is 25.5 Å². The lowest BCUT2D eigenvalue weighted by Crippen LogP contribution is -2.51. The number of aryl methyl sites for hydroxylation is 1. The highest BCUT2D eigenvalue weighted by molar-refractivity contribution is 5.31. The smallest absolute Gasteiger partial charge is 0.245 e. The van der Waals surface area contributed by atoms with E-state index in [0.29, 0.717) is 6.04 Å². The quantitative estimate of drug-likeness (QED) is 0.738. The van der Waals surface area contributed by atoms with Crippen LogP contribution in [0.25, 0.3) is 0 Å². The summed E-state index contributed by atoms with van der Waals surface area (Å²) in [5, 5.41) is 15.2. The van der Waals surface area contributed by atoms with Crippen molar-refractivity contribution in [2.24, 2.45) is 7.05 Å². The van der Waals surface area contributed by atoms with Crippen LogP contribution in [0.3, 0.4) is 0 Å². The van der Waals surface area contributed by atoms with Crippen LogP contribution in [-0.4, -0.2) is 58.6 Å². The van der Waals surface area contributed by atoms with E-state index in [4.69, 9.17) is 4.74 Å². The number of tetrazole rings is 1. The molecule has 7 heteroatoms. The number of ether oxygens (including phenoxy) is 1. The van der Waals surface area contributed by atoms with Crippen molar-refractivity contribution in [3.63, 3.8) is 0 Å². The average Bonchev–Trinajstić information content (AvgIpc) is 3.09. The second-order valence-corrected chi connectivity index (χ2v) is 4.71. The van der Waals surface area contributed by atoms with E-state index in [1.54, 1.807) is 4.68 Å². The topological polar surface area (TPSA) is 68.1 Å². The molecular formula is C10H18N6O. The molecule has 1 saturated heterocycles. The van der Waals surface area contributed by atoms with Gasteiger partial charge in [0.2, 0.25) is 5.95 Å². The number of anilines is 1. The molecule has 0 bridgehead atoms. The standard InChI is InChI=1S/C10H18N6O/c1-15-10(12-13-14-15)16-4-5-17-7-9(16)6-11-8-2-3-8/h8-9,11H,2-7H2,1H3. The first kappa shape index (κ1) is 10.9. The number of nitrogens with one attached hydrogen (secondary N) is 1. The van der Waals surface area contributed by atoms with Crippen molar-refractivity contribution in [1.29, 1.82) is 0 Å². The van der Waals surface area contributed by atoms with E-state index in [9.17, 15) is 0 Å². The molecule has 0 amide bonds. The average molecular weight is 238 g/mol. The van der Waals surface area contributed by atoms with Gasteiger partial charge in [0.05, 0.1) is 19.3 Å². The summed E-state index contributed by atoms with van der Waals surface area (Å²) in [6.07, 6.45) is 2.61. The molecule has 94 valence electrons. The van der Waals surface area contributed by atoms with E-state index in [2.05, 4.69) is 25.7 Å².